The molecular formula is C15H16ClFN2S. The first-order chi connectivity index (χ1) is 9.70. The number of halogens is 2. The number of rotatable bonds is 3. The molecule has 0 bridgehead atoms. The van der Waals surface area contributed by atoms with E-state index < -0.39 is 0 Å². The zero-order valence-corrected chi connectivity index (χ0v) is 12.8. The lowest BCUT2D eigenvalue weighted by molar-refractivity contribution is 0.476. The molecule has 1 atom stereocenters. The monoisotopic (exact) mass is 310 g/mol. The second-order valence-corrected chi connectivity index (χ2v) is 6.37. The van der Waals surface area contributed by atoms with E-state index in [1.165, 1.54) is 4.88 Å². The van der Waals surface area contributed by atoms with Crippen molar-refractivity contribution in [3.63, 3.8) is 0 Å². The Bertz CT molecular complexity index is 626. The second-order valence-electron chi connectivity index (χ2n) is 4.93. The molecule has 0 spiro atoms. The molecule has 1 aromatic heterocycles. The summed E-state index contributed by atoms with van der Waals surface area (Å²) in [4.78, 5) is 5.89. The van der Waals surface area contributed by atoms with Gasteiger partial charge in [-0.1, -0.05) is 24.6 Å². The molecule has 5 heteroatoms. The number of nitrogens with zero attached hydrogens (tertiary/aromatic N) is 1. The van der Waals surface area contributed by atoms with Crippen molar-refractivity contribution in [2.45, 2.75) is 32.2 Å². The van der Waals surface area contributed by atoms with Gasteiger partial charge in [0, 0.05) is 16.5 Å². The van der Waals surface area contributed by atoms with Crippen LogP contribution in [0, 0.1) is 5.82 Å². The van der Waals surface area contributed by atoms with Gasteiger partial charge in [-0.25, -0.2) is 9.37 Å². The third-order valence-electron chi connectivity index (χ3n) is 3.58. The summed E-state index contributed by atoms with van der Waals surface area (Å²) in [6.07, 6.45) is 3.24. The average Bonchev–Trinajstić information content (AvgIpc) is 2.87. The predicted molar refractivity (Wildman–Crippen MR) is 81.9 cm³/mol. The number of aryl methyl sites for hydroxylation is 1. The zero-order valence-electron chi connectivity index (χ0n) is 11.2. The van der Waals surface area contributed by atoms with Crippen molar-refractivity contribution in [3.05, 3.63) is 39.6 Å². The van der Waals surface area contributed by atoms with Gasteiger partial charge in [0.05, 0.1) is 10.7 Å². The highest BCUT2D eigenvalue weighted by atomic mass is 35.5. The highest BCUT2D eigenvalue weighted by Gasteiger charge is 2.25. The lowest BCUT2D eigenvalue weighted by atomic mass is 9.98. The Balaban J connectivity index is 2.02. The quantitative estimate of drug-likeness (QED) is 0.897. The van der Waals surface area contributed by atoms with Crippen LogP contribution in [0.1, 0.15) is 36.4 Å². The molecule has 1 N–H and O–H groups in total. The third-order valence-corrected chi connectivity index (χ3v) is 5.12. The van der Waals surface area contributed by atoms with Crippen molar-refractivity contribution in [2.24, 2.45) is 0 Å². The van der Waals surface area contributed by atoms with Crippen LogP contribution in [0.3, 0.4) is 0 Å². The maximum absolute atomic E-state index is 14.1. The molecule has 0 fully saturated rings. The molecule has 0 aliphatic heterocycles. The molecule has 20 heavy (non-hydrogen) atoms. The number of nitrogens with one attached hydrogen (secondary N) is 1. The number of hydrogen-bond acceptors (Lipinski definition) is 3. The van der Waals surface area contributed by atoms with Crippen LogP contribution in [0.15, 0.2) is 18.2 Å². The average molecular weight is 311 g/mol. The minimum absolute atomic E-state index is 0.152. The summed E-state index contributed by atoms with van der Waals surface area (Å²) in [6, 6.07) is 5.43. The molecule has 0 radical (unpaired) electrons. The largest absolute Gasteiger partial charge is 0.309 e. The summed E-state index contributed by atoms with van der Waals surface area (Å²) < 4.78 is 14.1. The molecule has 2 aromatic rings. The van der Waals surface area contributed by atoms with Gasteiger partial charge in [0.15, 0.2) is 5.82 Å². The van der Waals surface area contributed by atoms with Crippen LogP contribution < -0.4 is 5.32 Å². The molecule has 1 aliphatic rings. The molecular weight excluding hydrogens is 295 g/mol. The maximum atomic E-state index is 14.1. The minimum Gasteiger partial charge on any atom is -0.309 e. The lowest BCUT2D eigenvalue weighted by Gasteiger charge is -2.21. The van der Waals surface area contributed by atoms with Crippen molar-refractivity contribution >= 4 is 22.9 Å². The van der Waals surface area contributed by atoms with Gasteiger partial charge < -0.3 is 5.32 Å². The Labute approximate surface area is 127 Å². The summed E-state index contributed by atoms with van der Waals surface area (Å²) in [7, 11) is 0. The molecule has 1 unspecified atom stereocenters. The van der Waals surface area contributed by atoms with Crippen LogP contribution in [-0.4, -0.2) is 11.5 Å². The van der Waals surface area contributed by atoms with Crippen LogP contribution in [-0.2, 0) is 6.42 Å². The maximum Gasteiger partial charge on any atom is 0.152 e. The van der Waals surface area contributed by atoms with E-state index in [1.54, 1.807) is 29.5 Å². The Morgan fingerprint density at radius 2 is 2.35 bits per heavy atom. The van der Waals surface area contributed by atoms with E-state index in [1.807, 2.05) is 0 Å². The number of fused-ring (bicyclic) bond motifs is 1. The highest BCUT2D eigenvalue weighted by Crippen LogP contribution is 2.39. The molecule has 0 amide bonds. The molecule has 106 valence electrons. The van der Waals surface area contributed by atoms with Crippen molar-refractivity contribution in [3.8, 4) is 10.6 Å². The van der Waals surface area contributed by atoms with Gasteiger partial charge in [0.25, 0.3) is 0 Å². The van der Waals surface area contributed by atoms with Gasteiger partial charge >= 0.3 is 0 Å². The molecule has 3 rings (SSSR count). The number of benzene rings is 1. The van der Waals surface area contributed by atoms with E-state index in [-0.39, 0.29) is 10.8 Å². The summed E-state index contributed by atoms with van der Waals surface area (Å²) in [6.45, 7) is 3.04. The summed E-state index contributed by atoms with van der Waals surface area (Å²) in [5.41, 5.74) is 1.62. The van der Waals surface area contributed by atoms with E-state index >= 15 is 0 Å². The van der Waals surface area contributed by atoms with Gasteiger partial charge in [-0.05, 0) is 37.9 Å². The van der Waals surface area contributed by atoms with Crippen LogP contribution in [0.5, 0.6) is 0 Å². The topological polar surface area (TPSA) is 24.9 Å². The van der Waals surface area contributed by atoms with Crippen LogP contribution >= 0.6 is 22.9 Å². The molecule has 1 aliphatic carbocycles. The van der Waals surface area contributed by atoms with Crippen molar-refractivity contribution in [2.75, 3.05) is 6.54 Å². The Kier molecular flexibility index (Phi) is 4.06. The van der Waals surface area contributed by atoms with Crippen LogP contribution in [0.2, 0.25) is 5.02 Å². The van der Waals surface area contributed by atoms with Crippen LogP contribution in [0.4, 0.5) is 4.39 Å². The van der Waals surface area contributed by atoms with Gasteiger partial charge in [0.2, 0.25) is 0 Å². The first kappa shape index (κ1) is 14.0. The smallest absolute Gasteiger partial charge is 0.152 e. The number of hydrogen-bond donors (Lipinski definition) is 1. The van der Waals surface area contributed by atoms with Crippen LogP contribution in [0.25, 0.3) is 10.6 Å². The Hall–Kier alpha value is -0.970. The number of thiazole rings is 1. The normalized spacial score (nSPS) is 18.1. The van der Waals surface area contributed by atoms with Crippen molar-refractivity contribution in [1.29, 1.82) is 0 Å². The lowest BCUT2D eigenvalue weighted by Crippen LogP contribution is -2.23. The molecule has 0 saturated heterocycles. The number of aromatic nitrogens is 1. The van der Waals surface area contributed by atoms with E-state index in [0.717, 1.165) is 36.5 Å². The van der Waals surface area contributed by atoms with Gasteiger partial charge in [-0.2, -0.15) is 0 Å². The molecule has 2 nitrogen and oxygen atoms in total. The predicted octanol–water partition coefficient (Wildman–Crippen LogP) is 4.59. The SMILES string of the molecule is CCNC1CCCc2nc(-c3cccc(Cl)c3F)sc21. The summed E-state index contributed by atoms with van der Waals surface area (Å²) >= 11 is 7.45. The Morgan fingerprint density at radius 1 is 1.50 bits per heavy atom. The second kappa shape index (κ2) is 5.80. The Morgan fingerprint density at radius 3 is 3.15 bits per heavy atom. The van der Waals surface area contributed by atoms with E-state index in [2.05, 4.69) is 17.2 Å². The van der Waals surface area contributed by atoms with E-state index in [4.69, 9.17) is 11.6 Å². The molecule has 1 aromatic carbocycles. The summed E-state index contributed by atoms with van der Waals surface area (Å²) in [5.74, 6) is -0.375. The third kappa shape index (κ3) is 2.48. The zero-order chi connectivity index (χ0) is 14.1. The van der Waals surface area contributed by atoms with Gasteiger partial charge in [-0.3, -0.25) is 0 Å². The molecule has 0 saturated carbocycles. The van der Waals surface area contributed by atoms with Gasteiger partial charge in [0.1, 0.15) is 5.01 Å². The fraction of sp³-hybridized carbons (Fsp3) is 0.400. The van der Waals surface area contributed by atoms with Crippen molar-refractivity contribution in [1.82, 2.24) is 10.3 Å². The van der Waals surface area contributed by atoms with Crippen molar-refractivity contribution < 1.29 is 4.39 Å². The first-order valence-corrected chi connectivity index (χ1v) is 8.07. The first-order valence-electron chi connectivity index (χ1n) is 6.88. The van der Waals surface area contributed by atoms with E-state index in [9.17, 15) is 4.39 Å². The minimum atomic E-state index is -0.375. The fourth-order valence-corrected chi connectivity index (χ4v) is 4.06. The standard InChI is InChI=1S/C15H16ClFN2S/c1-2-18-11-7-4-8-12-14(11)20-15(19-12)9-5-3-6-10(16)13(9)17/h3,5-6,11,18H,2,4,7-8H2,1H3. The summed E-state index contributed by atoms with van der Waals surface area (Å²) in [5, 5.41) is 4.37. The van der Waals surface area contributed by atoms with E-state index in [0.29, 0.717) is 11.6 Å². The highest BCUT2D eigenvalue weighted by molar-refractivity contribution is 7.15. The fourth-order valence-electron chi connectivity index (χ4n) is 2.64. The molecule has 1 heterocycles. The van der Waals surface area contributed by atoms with Gasteiger partial charge in [-0.15, -0.1) is 11.3 Å².